The van der Waals surface area contributed by atoms with E-state index in [-0.39, 0.29) is 17.9 Å². The van der Waals surface area contributed by atoms with Crippen LogP contribution >= 0.6 is 11.6 Å². The molecule has 2 aromatic carbocycles. The molecule has 2 aliphatic heterocycles. The molecule has 8 heteroatoms. The van der Waals surface area contributed by atoms with E-state index < -0.39 is 0 Å². The minimum absolute atomic E-state index is 0.0611. The van der Waals surface area contributed by atoms with E-state index in [9.17, 15) is 5.11 Å². The Morgan fingerprint density at radius 2 is 1.94 bits per heavy atom. The summed E-state index contributed by atoms with van der Waals surface area (Å²) in [7, 11) is 0. The quantitative estimate of drug-likeness (QED) is 0.581. The van der Waals surface area contributed by atoms with Crippen LogP contribution in [0.3, 0.4) is 0 Å². The standard InChI is InChI=1S/C24H24ClN5O2/c1-14-3-4-15(7-21(14)25)9-27-23-20-8-18(26-2)5-6-19(20)24(29-28-23)30-10-16-12-32-13-17(11-30)22(16)31/h3-8,16-17,22,31H,9-13H2,1H3,(H,27,28). The van der Waals surface area contributed by atoms with Gasteiger partial charge in [-0.2, -0.15) is 0 Å². The Balaban J connectivity index is 1.48. The molecule has 0 radical (unpaired) electrons. The molecule has 5 rings (SSSR count). The van der Waals surface area contributed by atoms with Gasteiger partial charge in [0.2, 0.25) is 0 Å². The molecule has 2 atom stereocenters. The van der Waals surface area contributed by atoms with Crippen LogP contribution in [0.4, 0.5) is 17.3 Å². The molecule has 2 N–H and O–H groups in total. The van der Waals surface area contributed by atoms with Crippen molar-refractivity contribution >= 4 is 39.7 Å². The van der Waals surface area contributed by atoms with Crippen molar-refractivity contribution in [1.82, 2.24) is 10.2 Å². The highest BCUT2D eigenvalue weighted by atomic mass is 35.5. The zero-order valence-electron chi connectivity index (χ0n) is 17.8. The van der Waals surface area contributed by atoms with Gasteiger partial charge in [-0.15, -0.1) is 10.2 Å². The summed E-state index contributed by atoms with van der Waals surface area (Å²) in [6, 6.07) is 11.6. The summed E-state index contributed by atoms with van der Waals surface area (Å²) in [6.45, 7) is 12.4. The van der Waals surface area contributed by atoms with Crippen LogP contribution in [0.5, 0.6) is 0 Å². The average molecular weight is 450 g/mol. The monoisotopic (exact) mass is 449 g/mol. The molecule has 2 aliphatic rings. The average Bonchev–Trinajstić information content (AvgIpc) is 2.79. The predicted octanol–water partition coefficient (Wildman–Crippen LogP) is 4.20. The number of aromatic nitrogens is 2. The number of halogens is 1. The van der Waals surface area contributed by atoms with Crippen LogP contribution in [0.1, 0.15) is 11.1 Å². The van der Waals surface area contributed by atoms with E-state index in [1.807, 2.05) is 43.3 Å². The van der Waals surface area contributed by atoms with Gasteiger partial charge < -0.3 is 20.1 Å². The highest BCUT2D eigenvalue weighted by Crippen LogP contribution is 2.36. The maximum absolute atomic E-state index is 10.5. The Kier molecular flexibility index (Phi) is 5.60. The summed E-state index contributed by atoms with van der Waals surface area (Å²) < 4.78 is 5.64. The molecule has 2 fully saturated rings. The lowest BCUT2D eigenvalue weighted by atomic mass is 9.84. The molecule has 3 aromatic rings. The first-order valence-electron chi connectivity index (χ1n) is 10.7. The number of aliphatic hydroxyl groups is 1. The Bertz CT molecular complexity index is 1200. The molecule has 0 aliphatic carbocycles. The molecular weight excluding hydrogens is 426 g/mol. The zero-order chi connectivity index (χ0) is 22.2. The summed E-state index contributed by atoms with van der Waals surface area (Å²) in [5.74, 6) is 1.53. The van der Waals surface area contributed by atoms with Crippen molar-refractivity contribution in [2.45, 2.75) is 19.6 Å². The van der Waals surface area contributed by atoms with Gasteiger partial charge >= 0.3 is 0 Å². The molecule has 32 heavy (non-hydrogen) atoms. The lowest BCUT2D eigenvalue weighted by molar-refractivity contribution is -0.0870. The number of piperidine rings is 1. The van der Waals surface area contributed by atoms with E-state index in [0.29, 0.717) is 44.4 Å². The maximum atomic E-state index is 10.5. The van der Waals surface area contributed by atoms with Crippen molar-refractivity contribution < 1.29 is 9.84 Å². The SMILES string of the molecule is [C-]#[N+]c1ccc2c(N3CC4COCC(C3)C4O)nnc(NCc3ccc(C)c(Cl)c3)c2c1. The van der Waals surface area contributed by atoms with Gasteiger partial charge in [0.25, 0.3) is 0 Å². The normalized spacial score (nSPS) is 22.6. The van der Waals surface area contributed by atoms with E-state index in [2.05, 4.69) is 25.3 Å². The van der Waals surface area contributed by atoms with Gasteiger partial charge in [-0.25, -0.2) is 4.85 Å². The summed E-state index contributed by atoms with van der Waals surface area (Å²) in [5.41, 5.74) is 2.63. The van der Waals surface area contributed by atoms with Crippen molar-refractivity contribution in [3.8, 4) is 0 Å². The number of aliphatic hydroxyl groups excluding tert-OH is 1. The van der Waals surface area contributed by atoms with Gasteiger partial charge in [0.05, 0.1) is 25.9 Å². The predicted molar refractivity (Wildman–Crippen MR) is 125 cm³/mol. The zero-order valence-corrected chi connectivity index (χ0v) is 18.5. The second-order valence-corrected chi connectivity index (χ2v) is 9.01. The first kappa shape index (κ1) is 21.0. The Labute approximate surface area is 191 Å². The molecule has 0 saturated carbocycles. The number of hydrogen-bond donors (Lipinski definition) is 2. The molecule has 7 nitrogen and oxygen atoms in total. The van der Waals surface area contributed by atoms with Gasteiger partial charge in [0.15, 0.2) is 17.3 Å². The van der Waals surface area contributed by atoms with Gasteiger partial charge in [-0.1, -0.05) is 35.9 Å². The number of rotatable bonds is 4. The van der Waals surface area contributed by atoms with Gasteiger partial charge in [-0.05, 0) is 30.2 Å². The van der Waals surface area contributed by atoms with Crippen LogP contribution in [-0.4, -0.2) is 47.7 Å². The third-order valence-corrected chi connectivity index (χ3v) is 6.82. The summed E-state index contributed by atoms with van der Waals surface area (Å²) in [4.78, 5) is 5.79. The van der Waals surface area contributed by atoms with Crippen LogP contribution in [0.2, 0.25) is 5.02 Å². The van der Waals surface area contributed by atoms with E-state index in [4.69, 9.17) is 22.9 Å². The first-order chi connectivity index (χ1) is 15.5. The first-order valence-corrected chi connectivity index (χ1v) is 11.1. The summed E-state index contributed by atoms with van der Waals surface area (Å²) in [6.07, 6.45) is -0.338. The minimum Gasteiger partial charge on any atom is -0.392 e. The van der Waals surface area contributed by atoms with E-state index >= 15 is 0 Å². The van der Waals surface area contributed by atoms with Crippen molar-refractivity contribution in [1.29, 1.82) is 0 Å². The smallest absolute Gasteiger partial charge is 0.188 e. The van der Waals surface area contributed by atoms with Gasteiger partial charge in [0, 0.05) is 47.3 Å². The van der Waals surface area contributed by atoms with E-state index in [1.54, 1.807) is 0 Å². The second kappa shape index (κ2) is 8.55. The van der Waals surface area contributed by atoms with Crippen LogP contribution in [0, 0.1) is 25.3 Å². The summed E-state index contributed by atoms with van der Waals surface area (Å²) in [5, 5.41) is 25.4. The highest BCUT2D eigenvalue weighted by Gasteiger charge is 2.40. The number of fused-ring (bicyclic) bond motifs is 3. The van der Waals surface area contributed by atoms with Gasteiger partial charge in [0.1, 0.15) is 0 Å². The third kappa shape index (κ3) is 3.86. The number of ether oxygens (including phenoxy) is 1. The number of nitrogens with zero attached hydrogens (tertiary/aromatic N) is 4. The van der Waals surface area contributed by atoms with E-state index in [1.165, 1.54) is 0 Å². The Morgan fingerprint density at radius 1 is 1.16 bits per heavy atom. The fraction of sp³-hybridized carbons (Fsp3) is 0.375. The fourth-order valence-electron chi connectivity index (χ4n) is 4.58. The topological polar surface area (TPSA) is 74.9 Å². The molecule has 164 valence electrons. The second-order valence-electron chi connectivity index (χ2n) is 8.60. The fourth-order valence-corrected chi connectivity index (χ4v) is 4.79. The third-order valence-electron chi connectivity index (χ3n) is 6.41. The molecule has 0 amide bonds. The van der Waals surface area contributed by atoms with Crippen LogP contribution in [-0.2, 0) is 11.3 Å². The largest absolute Gasteiger partial charge is 0.392 e. The maximum Gasteiger partial charge on any atom is 0.188 e. The molecule has 2 saturated heterocycles. The van der Waals surface area contributed by atoms with Crippen molar-refractivity contribution in [2.75, 3.05) is 36.5 Å². The lowest BCUT2D eigenvalue weighted by Gasteiger charge is -2.45. The minimum atomic E-state index is -0.338. The molecule has 3 heterocycles. The molecule has 2 bridgehead atoms. The number of nitrogens with one attached hydrogen (secondary N) is 1. The van der Waals surface area contributed by atoms with Crippen molar-refractivity contribution in [2.24, 2.45) is 11.8 Å². The van der Waals surface area contributed by atoms with Crippen LogP contribution < -0.4 is 10.2 Å². The number of aryl methyl sites for hydroxylation is 1. The van der Waals surface area contributed by atoms with Crippen LogP contribution in [0.25, 0.3) is 15.6 Å². The highest BCUT2D eigenvalue weighted by molar-refractivity contribution is 6.31. The van der Waals surface area contributed by atoms with Crippen molar-refractivity contribution in [3.05, 3.63) is 64.0 Å². The van der Waals surface area contributed by atoms with Crippen molar-refractivity contribution in [3.63, 3.8) is 0 Å². The lowest BCUT2D eigenvalue weighted by Crippen LogP contribution is -2.55. The number of anilines is 2. The molecule has 0 spiro atoms. The molecule has 1 aromatic heterocycles. The Morgan fingerprint density at radius 3 is 2.66 bits per heavy atom. The molecule has 2 unspecified atom stereocenters. The molecular formula is C24H24ClN5O2. The summed E-state index contributed by atoms with van der Waals surface area (Å²) >= 11 is 6.27. The van der Waals surface area contributed by atoms with Gasteiger partial charge in [-0.3, -0.25) is 0 Å². The number of hydrogen-bond acceptors (Lipinski definition) is 6. The Hall–Kier alpha value is -2.92. The van der Waals surface area contributed by atoms with Crippen LogP contribution in [0.15, 0.2) is 36.4 Å². The number of benzene rings is 2. The van der Waals surface area contributed by atoms with E-state index in [0.717, 1.165) is 32.7 Å².